The largest absolute Gasteiger partial charge is 0.383 e. The first-order valence-electron chi connectivity index (χ1n) is 10.8. The molecule has 0 unspecified atom stereocenters. The Labute approximate surface area is 191 Å². The number of methoxy groups -OCH3 is 1. The zero-order valence-electron chi connectivity index (χ0n) is 18.6. The summed E-state index contributed by atoms with van der Waals surface area (Å²) < 4.78 is 34.7. The molecule has 0 saturated carbocycles. The molecule has 2 heterocycles. The van der Waals surface area contributed by atoms with Gasteiger partial charge in [0, 0.05) is 57.4 Å². The topological polar surface area (TPSA) is 71.4 Å². The first-order chi connectivity index (χ1) is 15.9. The number of rotatable bonds is 7. The number of amides is 2. The second-order valence-corrected chi connectivity index (χ2v) is 8.13. The molecule has 0 radical (unpaired) electrons. The molecule has 1 aromatic heterocycles. The molecular formula is C24H27F2N5O2. The van der Waals surface area contributed by atoms with Gasteiger partial charge in [-0.3, -0.25) is 14.9 Å². The Bertz CT molecular complexity index is 1110. The van der Waals surface area contributed by atoms with E-state index in [1.165, 1.54) is 12.1 Å². The van der Waals surface area contributed by atoms with E-state index in [1.807, 2.05) is 30.3 Å². The van der Waals surface area contributed by atoms with E-state index in [0.717, 1.165) is 17.3 Å². The van der Waals surface area contributed by atoms with Crippen molar-refractivity contribution in [3.05, 3.63) is 71.8 Å². The van der Waals surface area contributed by atoms with Crippen LogP contribution in [0.4, 0.5) is 19.4 Å². The van der Waals surface area contributed by atoms with Crippen molar-refractivity contribution in [1.29, 1.82) is 0 Å². The Morgan fingerprint density at radius 3 is 2.67 bits per heavy atom. The van der Waals surface area contributed by atoms with Gasteiger partial charge in [-0.05, 0) is 11.6 Å². The minimum absolute atomic E-state index is 0.320. The summed E-state index contributed by atoms with van der Waals surface area (Å²) in [5.74, 6) is -1.03. The average Bonchev–Trinajstić information content (AvgIpc) is 3.36. The van der Waals surface area contributed by atoms with Crippen LogP contribution in [0, 0.1) is 11.6 Å². The van der Waals surface area contributed by atoms with Crippen LogP contribution >= 0.6 is 0 Å². The lowest BCUT2D eigenvalue weighted by Gasteiger charge is -2.21. The molecule has 2 atom stereocenters. The van der Waals surface area contributed by atoms with Crippen molar-refractivity contribution >= 4 is 11.8 Å². The highest BCUT2D eigenvalue weighted by atomic mass is 19.1. The maximum absolute atomic E-state index is 14.5. The third-order valence-electron chi connectivity index (χ3n) is 5.88. The number of nitrogens with zero attached hydrogens (tertiary/aromatic N) is 3. The quantitative estimate of drug-likeness (QED) is 0.571. The lowest BCUT2D eigenvalue weighted by atomic mass is 9.94. The van der Waals surface area contributed by atoms with Crippen molar-refractivity contribution in [2.75, 3.05) is 38.7 Å². The summed E-state index contributed by atoms with van der Waals surface area (Å²) in [7, 11) is 3.37. The molecule has 0 spiro atoms. The van der Waals surface area contributed by atoms with Gasteiger partial charge in [-0.25, -0.2) is 13.6 Å². The molecule has 1 saturated heterocycles. The molecule has 3 aromatic rings. The van der Waals surface area contributed by atoms with E-state index in [0.29, 0.717) is 37.6 Å². The van der Waals surface area contributed by atoms with Gasteiger partial charge in [-0.2, -0.15) is 5.10 Å². The van der Waals surface area contributed by atoms with Crippen LogP contribution < -0.4 is 10.6 Å². The number of carbonyl (C=O) groups is 1. The number of hydrogen-bond donors (Lipinski definition) is 2. The Morgan fingerprint density at radius 2 is 1.94 bits per heavy atom. The number of benzene rings is 2. The van der Waals surface area contributed by atoms with Crippen LogP contribution in [0.15, 0.2) is 54.6 Å². The molecule has 4 rings (SSSR count). The lowest BCUT2D eigenvalue weighted by molar-refractivity contribution is 0.159. The number of aromatic nitrogens is 2. The average molecular weight is 456 g/mol. The molecule has 1 aliphatic rings. The second kappa shape index (κ2) is 10.1. The number of anilines is 1. The molecule has 2 aromatic carbocycles. The molecular weight excluding hydrogens is 428 g/mol. The van der Waals surface area contributed by atoms with Crippen LogP contribution in [0.5, 0.6) is 0 Å². The third kappa shape index (κ3) is 5.37. The number of urea groups is 1. The molecule has 0 bridgehead atoms. The summed E-state index contributed by atoms with van der Waals surface area (Å²) in [6, 6.07) is 14.3. The van der Waals surface area contributed by atoms with Crippen molar-refractivity contribution in [2.24, 2.45) is 7.05 Å². The second-order valence-electron chi connectivity index (χ2n) is 8.13. The van der Waals surface area contributed by atoms with E-state index in [9.17, 15) is 13.6 Å². The number of carbonyl (C=O) groups excluding carboxylic acids is 1. The smallest absolute Gasteiger partial charge is 0.320 e. The van der Waals surface area contributed by atoms with Gasteiger partial charge < -0.3 is 10.1 Å². The number of ether oxygens (including phenoxy) is 1. The summed E-state index contributed by atoms with van der Waals surface area (Å²) in [6.45, 7) is 2.23. The van der Waals surface area contributed by atoms with Gasteiger partial charge >= 0.3 is 6.03 Å². The molecule has 2 N–H and O–H groups in total. The van der Waals surface area contributed by atoms with Crippen LogP contribution in [0.25, 0.3) is 11.3 Å². The fraction of sp³-hybridized carbons (Fsp3) is 0.333. The molecule has 7 nitrogen and oxygen atoms in total. The van der Waals surface area contributed by atoms with Crippen molar-refractivity contribution in [2.45, 2.75) is 12.0 Å². The highest BCUT2D eigenvalue weighted by Crippen LogP contribution is 2.30. The van der Waals surface area contributed by atoms with E-state index in [1.54, 1.807) is 24.9 Å². The molecule has 0 aliphatic carbocycles. The minimum Gasteiger partial charge on any atom is -0.383 e. The molecule has 2 amide bonds. The van der Waals surface area contributed by atoms with Gasteiger partial charge in [0.25, 0.3) is 0 Å². The van der Waals surface area contributed by atoms with E-state index >= 15 is 0 Å². The molecule has 33 heavy (non-hydrogen) atoms. The molecule has 1 aliphatic heterocycles. The van der Waals surface area contributed by atoms with E-state index in [-0.39, 0.29) is 12.0 Å². The minimum atomic E-state index is -0.627. The van der Waals surface area contributed by atoms with Gasteiger partial charge in [-0.1, -0.05) is 36.4 Å². The van der Waals surface area contributed by atoms with Crippen molar-refractivity contribution < 1.29 is 18.3 Å². The van der Waals surface area contributed by atoms with Crippen molar-refractivity contribution in [3.8, 4) is 11.3 Å². The Kier molecular flexibility index (Phi) is 7.00. The van der Waals surface area contributed by atoms with E-state index in [2.05, 4.69) is 20.6 Å². The van der Waals surface area contributed by atoms with Crippen LogP contribution in [0.3, 0.4) is 0 Å². The first-order valence-corrected chi connectivity index (χ1v) is 10.8. The first kappa shape index (κ1) is 22.9. The lowest BCUT2D eigenvalue weighted by Crippen LogP contribution is -2.42. The van der Waals surface area contributed by atoms with Gasteiger partial charge in [0.2, 0.25) is 0 Å². The zero-order valence-corrected chi connectivity index (χ0v) is 18.6. The predicted octanol–water partition coefficient (Wildman–Crippen LogP) is 3.60. The Balaban J connectivity index is 1.48. The maximum Gasteiger partial charge on any atom is 0.320 e. The number of halogens is 2. The number of hydrogen-bond acceptors (Lipinski definition) is 4. The molecule has 174 valence electrons. The summed E-state index contributed by atoms with van der Waals surface area (Å²) in [4.78, 5) is 14.9. The number of likely N-dealkylation sites (tertiary alicyclic amines) is 1. The van der Waals surface area contributed by atoms with Gasteiger partial charge in [0.1, 0.15) is 17.5 Å². The highest BCUT2D eigenvalue weighted by molar-refractivity contribution is 5.89. The third-order valence-corrected chi connectivity index (χ3v) is 5.88. The monoisotopic (exact) mass is 455 g/mol. The molecule has 1 fully saturated rings. The maximum atomic E-state index is 14.5. The Hall–Kier alpha value is -3.30. The van der Waals surface area contributed by atoms with Crippen molar-refractivity contribution in [1.82, 2.24) is 20.0 Å². The van der Waals surface area contributed by atoms with Gasteiger partial charge in [0.15, 0.2) is 0 Å². The predicted molar refractivity (Wildman–Crippen MR) is 122 cm³/mol. The fourth-order valence-electron chi connectivity index (χ4n) is 4.21. The van der Waals surface area contributed by atoms with E-state index < -0.39 is 17.7 Å². The summed E-state index contributed by atoms with van der Waals surface area (Å²) >= 11 is 0. The Morgan fingerprint density at radius 1 is 1.15 bits per heavy atom. The number of nitrogens with one attached hydrogen (secondary N) is 2. The van der Waals surface area contributed by atoms with Crippen LogP contribution in [-0.4, -0.2) is 60.1 Å². The van der Waals surface area contributed by atoms with Gasteiger partial charge in [-0.15, -0.1) is 0 Å². The zero-order chi connectivity index (χ0) is 23.4. The normalized spacial score (nSPS) is 18.4. The summed E-state index contributed by atoms with van der Waals surface area (Å²) in [5.41, 5.74) is 2.07. The van der Waals surface area contributed by atoms with Crippen LogP contribution in [0.1, 0.15) is 11.5 Å². The summed E-state index contributed by atoms with van der Waals surface area (Å²) in [5, 5.41) is 10.3. The standard InChI is InChI=1S/C24H27F2N5O2/c1-30-23(13-21(29-30)16-6-4-3-5-7-16)28-24(32)27-22-15-31(10-11-33-2)14-19(22)18-9-8-17(25)12-20(18)26/h3-9,12-13,19,22H,10-11,14-15H2,1-2H3,(H2,27,28,32)/t19-,22+/m0/s1. The van der Waals surface area contributed by atoms with Crippen LogP contribution in [0.2, 0.25) is 0 Å². The summed E-state index contributed by atoms with van der Waals surface area (Å²) in [6.07, 6.45) is 0. The number of aryl methyl sites for hydroxylation is 1. The van der Waals surface area contributed by atoms with Gasteiger partial charge in [0.05, 0.1) is 18.3 Å². The fourth-order valence-corrected chi connectivity index (χ4v) is 4.21. The van der Waals surface area contributed by atoms with E-state index in [4.69, 9.17) is 4.74 Å². The SMILES string of the molecule is COCCN1C[C@@H](NC(=O)Nc2cc(-c3ccccc3)nn2C)[C@H](c2ccc(F)cc2F)C1. The van der Waals surface area contributed by atoms with Crippen LogP contribution in [-0.2, 0) is 11.8 Å². The molecule has 9 heteroatoms. The van der Waals surface area contributed by atoms with Crippen molar-refractivity contribution in [3.63, 3.8) is 0 Å². The highest BCUT2D eigenvalue weighted by Gasteiger charge is 2.36.